The number of methoxy groups -OCH3 is 1. The number of carbonyl (C=O) groups is 1. The molecule has 112 valence electrons. The summed E-state index contributed by atoms with van der Waals surface area (Å²) in [7, 11) is 1.54. The standard InChI is InChI=1S/C15H13N3O4/c1-20-12-6-10(7-13-14(12)22-9-21-13)8-17-18-15(19)11-4-2-3-5-16-11/h2-8H,9H2,1H3,(H,18,19). The third-order valence-electron chi connectivity index (χ3n) is 2.96. The third kappa shape index (κ3) is 2.83. The molecule has 7 heteroatoms. The van der Waals surface area contributed by atoms with Crippen LogP contribution in [-0.2, 0) is 0 Å². The predicted octanol–water partition coefficient (Wildman–Crippen LogP) is 1.58. The fourth-order valence-corrected chi connectivity index (χ4v) is 1.94. The van der Waals surface area contributed by atoms with E-state index in [1.807, 2.05) is 0 Å². The van der Waals surface area contributed by atoms with Crippen molar-refractivity contribution in [3.05, 3.63) is 47.8 Å². The van der Waals surface area contributed by atoms with Crippen molar-refractivity contribution >= 4 is 12.1 Å². The number of hydrogen-bond donors (Lipinski definition) is 1. The fourth-order valence-electron chi connectivity index (χ4n) is 1.94. The first-order chi connectivity index (χ1) is 10.8. The minimum atomic E-state index is -0.385. The van der Waals surface area contributed by atoms with Crippen molar-refractivity contribution in [1.29, 1.82) is 0 Å². The van der Waals surface area contributed by atoms with Crippen LogP contribution in [0.2, 0.25) is 0 Å². The second kappa shape index (κ2) is 6.13. The molecule has 0 spiro atoms. The van der Waals surface area contributed by atoms with Crippen LogP contribution in [0.25, 0.3) is 0 Å². The van der Waals surface area contributed by atoms with Gasteiger partial charge in [0.05, 0.1) is 13.3 Å². The Hall–Kier alpha value is -3.09. The molecule has 0 unspecified atom stereocenters. The summed E-state index contributed by atoms with van der Waals surface area (Å²) < 4.78 is 15.9. The number of hydrazone groups is 1. The van der Waals surface area contributed by atoms with Gasteiger partial charge in [-0.25, -0.2) is 5.43 Å². The van der Waals surface area contributed by atoms with Crippen LogP contribution in [0.5, 0.6) is 17.2 Å². The molecular formula is C15H13N3O4. The quantitative estimate of drug-likeness (QED) is 0.684. The normalized spacial score (nSPS) is 12.4. The van der Waals surface area contributed by atoms with Gasteiger partial charge in [-0.05, 0) is 24.3 Å². The molecule has 22 heavy (non-hydrogen) atoms. The van der Waals surface area contributed by atoms with E-state index >= 15 is 0 Å². The summed E-state index contributed by atoms with van der Waals surface area (Å²) in [6.45, 7) is 0.155. The van der Waals surface area contributed by atoms with Gasteiger partial charge >= 0.3 is 0 Å². The Kier molecular flexibility index (Phi) is 3.86. The Morgan fingerprint density at radius 1 is 1.41 bits per heavy atom. The summed E-state index contributed by atoms with van der Waals surface area (Å²) >= 11 is 0. The highest BCUT2D eigenvalue weighted by atomic mass is 16.7. The lowest BCUT2D eigenvalue weighted by Gasteiger charge is -2.05. The van der Waals surface area contributed by atoms with E-state index in [2.05, 4.69) is 15.5 Å². The maximum atomic E-state index is 11.8. The van der Waals surface area contributed by atoms with Gasteiger partial charge < -0.3 is 14.2 Å². The van der Waals surface area contributed by atoms with Crippen molar-refractivity contribution in [3.63, 3.8) is 0 Å². The molecule has 1 aromatic carbocycles. The number of hydrogen-bond acceptors (Lipinski definition) is 6. The van der Waals surface area contributed by atoms with Crippen LogP contribution in [-0.4, -0.2) is 31.0 Å². The number of pyridine rings is 1. The van der Waals surface area contributed by atoms with Crippen LogP contribution in [0.4, 0.5) is 0 Å². The maximum Gasteiger partial charge on any atom is 0.289 e. The van der Waals surface area contributed by atoms with Crippen LogP contribution in [0.1, 0.15) is 16.1 Å². The molecule has 0 saturated carbocycles. The van der Waals surface area contributed by atoms with Gasteiger partial charge in [-0.3, -0.25) is 9.78 Å². The number of fused-ring (bicyclic) bond motifs is 1. The first kappa shape index (κ1) is 13.9. The predicted molar refractivity (Wildman–Crippen MR) is 78.4 cm³/mol. The molecule has 0 atom stereocenters. The summed E-state index contributed by atoms with van der Waals surface area (Å²) in [5, 5.41) is 3.90. The zero-order valence-corrected chi connectivity index (χ0v) is 11.8. The van der Waals surface area contributed by atoms with E-state index in [-0.39, 0.29) is 12.7 Å². The summed E-state index contributed by atoms with van der Waals surface area (Å²) in [5.74, 6) is 1.31. The zero-order chi connectivity index (χ0) is 15.4. The van der Waals surface area contributed by atoms with E-state index in [1.54, 1.807) is 43.6 Å². The molecule has 0 saturated heterocycles. The Morgan fingerprint density at radius 3 is 3.09 bits per heavy atom. The molecule has 0 fully saturated rings. The smallest absolute Gasteiger partial charge is 0.289 e. The monoisotopic (exact) mass is 299 g/mol. The molecule has 3 rings (SSSR count). The molecule has 2 aromatic rings. The highest BCUT2D eigenvalue weighted by Crippen LogP contribution is 2.41. The van der Waals surface area contributed by atoms with Crippen molar-refractivity contribution in [2.24, 2.45) is 5.10 Å². The van der Waals surface area contributed by atoms with Crippen LogP contribution in [0.15, 0.2) is 41.6 Å². The van der Waals surface area contributed by atoms with E-state index < -0.39 is 0 Å². The highest BCUT2D eigenvalue weighted by Gasteiger charge is 2.19. The van der Waals surface area contributed by atoms with Crippen LogP contribution in [0, 0.1) is 0 Å². The summed E-state index contributed by atoms with van der Waals surface area (Å²) in [6, 6.07) is 8.56. The van der Waals surface area contributed by atoms with Crippen molar-refractivity contribution in [1.82, 2.24) is 10.4 Å². The number of rotatable bonds is 4. The number of nitrogens with one attached hydrogen (secondary N) is 1. The maximum absolute atomic E-state index is 11.8. The van der Waals surface area contributed by atoms with Gasteiger partial charge in [0.1, 0.15) is 5.69 Å². The van der Waals surface area contributed by atoms with Crippen molar-refractivity contribution < 1.29 is 19.0 Å². The molecule has 2 heterocycles. The minimum Gasteiger partial charge on any atom is -0.493 e. The molecule has 0 aliphatic carbocycles. The molecule has 1 aliphatic rings. The zero-order valence-electron chi connectivity index (χ0n) is 11.8. The van der Waals surface area contributed by atoms with Gasteiger partial charge in [-0.15, -0.1) is 0 Å². The van der Waals surface area contributed by atoms with Crippen molar-refractivity contribution in [2.75, 3.05) is 13.9 Å². The average Bonchev–Trinajstić information content (AvgIpc) is 3.03. The Labute approximate surface area is 126 Å². The van der Waals surface area contributed by atoms with Crippen LogP contribution < -0.4 is 19.6 Å². The van der Waals surface area contributed by atoms with E-state index in [0.29, 0.717) is 28.5 Å². The molecule has 0 radical (unpaired) electrons. The molecule has 1 aromatic heterocycles. The molecular weight excluding hydrogens is 286 g/mol. The SMILES string of the molecule is COc1cc(C=NNC(=O)c2ccccn2)cc2c1OCO2. The van der Waals surface area contributed by atoms with Crippen molar-refractivity contribution in [2.45, 2.75) is 0 Å². The number of carbonyl (C=O) groups excluding carboxylic acids is 1. The van der Waals surface area contributed by atoms with Gasteiger partial charge in [0.2, 0.25) is 12.5 Å². The van der Waals surface area contributed by atoms with Crippen molar-refractivity contribution in [3.8, 4) is 17.2 Å². The lowest BCUT2D eigenvalue weighted by atomic mass is 10.2. The average molecular weight is 299 g/mol. The molecule has 1 aliphatic heterocycles. The van der Waals surface area contributed by atoms with Crippen LogP contribution >= 0.6 is 0 Å². The first-order valence-electron chi connectivity index (χ1n) is 6.50. The van der Waals surface area contributed by atoms with Gasteiger partial charge in [-0.2, -0.15) is 5.10 Å². The van der Waals surface area contributed by atoms with E-state index in [0.717, 1.165) is 0 Å². The van der Waals surface area contributed by atoms with E-state index in [1.165, 1.54) is 6.21 Å². The molecule has 1 amide bonds. The number of ether oxygens (including phenoxy) is 3. The number of aromatic nitrogens is 1. The minimum absolute atomic E-state index is 0.155. The second-order valence-electron chi connectivity index (χ2n) is 4.37. The lowest BCUT2D eigenvalue weighted by molar-refractivity contribution is 0.0950. The number of benzene rings is 1. The molecule has 7 nitrogen and oxygen atoms in total. The fraction of sp³-hybridized carbons (Fsp3) is 0.133. The van der Waals surface area contributed by atoms with Gasteiger partial charge in [0, 0.05) is 11.8 Å². The summed E-state index contributed by atoms with van der Waals surface area (Å²) in [6.07, 6.45) is 3.03. The van der Waals surface area contributed by atoms with Gasteiger partial charge in [0.25, 0.3) is 5.91 Å². The highest BCUT2D eigenvalue weighted by molar-refractivity contribution is 5.93. The Balaban J connectivity index is 1.72. The topological polar surface area (TPSA) is 82.0 Å². The second-order valence-corrected chi connectivity index (χ2v) is 4.37. The van der Waals surface area contributed by atoms with Gasteiger partial charge in [0.15, 0.2) is 11.5 Å². The lowest BCUT2D eigenvalue weighted by Crippen LogP contribution is -2.18. The first-order valence-corrected chi connectivity index (χ1v) is 6.50. The summed E-state index contributed by atoms with van der Waals surface area (Å²) in [5.41, 5.74) is 3.41. The van der Waals surface area contributed by atoms with Gasteiger partial charge in [-0.1, -0.05) is 6.07 Å². The number of nitrogens with zero attached hydrogens (tertiary/aromatic N) is 2. The summed E-state index contributed by atoms with van der Waals surface area (Å²) in [4.78, 5) is 15.7. The molecule has 0 bridgehead atoms. The van der Waals surface area contributed by atoms with E-state index in [9.17, 15) is 4.79 Å². The third-order valence-corrected chi connectivity index (χ3v) is 2.96. The Morgan fingerprint density at radius 2 is 2.32 bits per heavy atom. The van der Waals surface area contributed by atoms with Crippen LogP contribution in [0.3, 0.4) is 0 Å². The largest absolute Gasteiger partial charge is 0.493 e. The number of amides is 1. The van der Waals surface area contributed by atoms with E-state index in [4.69, 9.17) is 14.2 Å². The molecule has 1 N–H and O–H groups in total. The Bertz CT molecular complexity index is 716.